The van der Waals surface area contributed by atoms with Gasteiger partial charge in [-0.15, -0.1) is 0 Å². The number of halogens is 2. The number of nitrogens with zero attached hydrogens (tertiary/aromatic N) is 1. The van der Waals surface area contributed by atoms with E-state index in [1.165, 1.54) is 18.1 Å². The second-order valence-electron chi connectivity index (χ2n) is 6.87. The number of benzene rings is 2. The molecule has 1 atom stereocenters. The van der Waals surface area contributed by atoms with E-state index in [0.717, 1.165) is 12.1 Å². The Bertz CT molecular complexity index is 838. The fraction of sp³-hybridized carbons (Fsp3) is 0.333. The minimum absolute atomic E-state index is 0.0949. The zero-order valence-electron chi connectivity index (χ0n) is 16.3. The van der Waals surface area contributed by atoms with Crippen molar-refractivity contribution in [2.75, 3.05) is 14.2 Å². The summed E-state index contributed by atoms with van der Waals surface area (Å²) in [6, 6.07) is 9.29. The molecule has 2 aromatic rings. The van der Waals surface area contributed by atoms with Crippen molar-refractivity contribution in [1.29, 1.82) is 0 Å². The minimum Gasteiger partial charge on any atom is -0.497 e. The molecule has 0 aliphatic heterocycles. The quantitative estimate of drug-likeness (QED) is 0.789. The van der Waals surface area contributed by atoms with Gasteiger partial charge in [0.05, 0.1) is 7.11 Å². The molecule has 28 heavy (non-hydrogen) atoms. The summed E-state index contributed by atoms with van der Waals surface area (Å²) >= 11 is 0. The number of rotatable bonds is 7. The Balaban J connectivity index is 2.09. The van der Waals surface area contributed by atoms with Crippen LogP contribution in [-0.4, -0.2) is 36.9 Å². The van der Waals surface area contributed by atoms with Crippen LogP contribution < -0.4 is 10.1 Å². The molecule has 0 spiro atoms. The molecule has 0 aliphatic rings. The van der Waals surface area contributed by atoms with Crippen molar-refractivity contribution in [1.82, 2.24) is 10.2 Å². The highest BCUT2D eigenvalue weighted by atomic mass is 19.2. The van der Waals surface area contributed by atoms with E-state index in [0.29, 0.717) is 16.9 Å². The van der Waals surface area contributed by atoms with Gasteiger partial charge in [-0.05, 0) is 47.9 Å². The third-order valence-corrected chi connectivity index (χ3v) is 4.35. The highest BCUT2D eigenvalue weighted by Crippen LogP contribution is 2.15. The molecule has 0 radical (unpaired) electrons. The molecule has 1 unspecified atom stereocenters. The lowest BCUT2D eigenvalue weighted by molar-refractivity contribution is -0.133. The number of hydrogen-bond acceptors (Lipinski definition) is 3. The van der Waals surface area contributed by atoms with Crippen LogP contribution in [-0.2, 0) is 11.3 Å². The number of methoxy groups -OCH3 is 1. The van der Waals surface area contributed by atoms with Crippen LogP contribution in [0.4, 0.5) is 8.78 Å². The van der Waals surface area contributed by atoms with Crippen LogP contribution >= 0.6 is 0 Å². The fourth-order valence-corrected chi connectivity index (χ4v) is 2.71. The van der Waals surface area contributed by atoms with Gasteiger partial charge in [0.2, 0.25) is 5.91 Å². The Kier molecular flexibility index (Phi) is 7.09. The lowest BCUT2D eigenvalue weighted by Crippen LogP contribution is -2.50. The zero-order chi connectivity index (χ0) is 20.8. The number of amides is 2. The van der Waals surface area contributed by atoms with E-state index in [2.05, 4.69) is 5.32 Å². The average Bonchev–Trinajstić information content (AvgIpc) is 2.68. The maximum atomic E-state index is 13.4. The molecule has 1 N–H and O–H groups in total. The van der Waals surface area contributed by atoms with Crippen LogP contribution in [0.1, 0.15) is 29.8 Å². The first-order valence-electron chi connectivity index (χ1n) is 8.86. The van der Waals surface area contributed by atoms with Gasteiger partial charge in [0, 0.05) is 19.2 Å². The van der Waals surface area contributed by atoms with Gasteiger partial charge in [-0.3, -0.25) is 9.59 Å². The van der Waals surface area contributed by atoms with Crippen LogP contribution in [0, 0.1) is 17.6 Å². The molecule has 2 amide bonds. The number of hydrogen-bond donors (Lipinski definition) is 1. The van der Waals surface area contributed by atoms with Gasteiger partial charge in [0.1, 0.15) is 11.8 Å². The van der Waals surface area contributed by atoms with Gasteiger partial charge in [-0.25, -0.2) is 8.78 Å². The molecule has 0 fully saturated rings. The number of nitrogens with one attached hydrogen (secondary N) is 1. The highest BCUT2D eigenvalue weighted by Gasteiger charge is 2.27. The average molecular weight is 390 g/mol. The number of ether oxygens (including phenoxy) is 1. The van der Waals surface area contributed by atoms with E-state index in [1.807, 2.05) is 13.8 Å². The smallest absolute Gasteiger partial charge is 0.251 e. The van der Waals surface area contributed by atoms with Crippen LogP contribution in [0.3, 0.4) is 0 Å². The summed E-state index contributed by atoms with van der Waals surface area (Å²) in [4.78, 5) is 26.7. The van der Waals surface area contributed by atoms with Gasteiger partial charge in [-0.2, -0.15) is 0 Å². The largest absolute Gasteiger partial charge is 0.497 e. The Morgan fingerprint density at radius 2 is 1.71 bits per heavy atom. The Hall–Kier alpha value is -2.96. The Morgan fingerprint density at radius 1 is 1.07 bits per heavy atom. The van der Waals surface area contributed by atoms with E-state index in [4.69, 9.17) is 4.74 Å². The van der Waals surface area contributed by atoms with Gasteiger partial charge in [0.25, 0.3) is 5.91 Å². The van der Waals surface area contributed by atoms with E-state index >= 15 is 0 Å². The molecule has 150 valence electrons. The SMILES string of the molecule is COc1ccc(C(=O)NC(C(=O)N(C)Cc2ccc(F)c(F)c2)C(C)C)cc1. The number of likely N-dealkylation sites (N-methyl/N-ethyl adjacent to an activating group) is 1. The summed E-state index contributed by atoms with van der Waals surface area (Å²) in [6.07, 6.45) is 0. The minimum atomic E-state index is -0.966. The first-order valence-corrected chi connectivity index (χ1v) is 8.86. The Labute approximate surface area is 163 Å². The topological polar surface area (TPSA) is 58.6 Å². The van der Waals surface area contributed by atoms with E-state index < -0.39 is 17.7 Å². The van der Waals surface area contributed by atoms with E-state index in [1.54, 1.807) is 31.3 Å². The molecule has 0 aromatic heterocycles. The third kappa shape index (κ3) is 5.28. The molecule has 0 bridgehead atoms. The summed E-state index contributed by atoms with van der Waals surface area (Å²) in [5, 5.41) is 2.75. The summed E-state index contributed by atoms with van der Waals surface area (Å²) in [5.74, 6) is -2.14. The summed E-state index contributed by atoms with van der Waals surface area (Å²) in [5.41, 5.74) is 0.862. The van der Waals surface area contributed by atoms with Crippen molar-refractivity contribution in [2.24, 2.45) is 5.92 Å². The van der Waals surface area contributed by atoms with Crippen molar-refractivity contribution in [3.63, 3.8) is 0 Å². The van der Waals surface area contributed by atoms with Crippen molar-refractivity contribution >= 4 is 11.8 Å². The second kappa shape index (κ2) is 9.30. The lowest BCUT2D eigenvalue weighted by atomic mass is 10.0. The van der Waals surface area contributed by atoms with Gasteiger partial charge >= 0.3 is 0 Å². The highest BCUT2D eigenvalue weighted by molar-refractivity contribution is 5.97. The number of carbonyl (C=O) groups is 2. The predicted octanol–water partition coefficient (Wildman–Crippen LogP) is 3.39. The van der Waals surface area contributed by atoms with E-state index in [-0.39, 0.29) is 24.3 Å². The van der Waals surface area contributed by atoms with Crippen molar-refractivity contribution in [2.45, 2.75) is 26.4 Å². The Morgan fingerprint density at radius 3 is 2.25 bits per heavy atom. The van der Waals surface area contributed by atoms with Gasteiger partial charge in [0.15, 0.2) is 11.6 Å². The molecular formula is C21H24F2N2O3. The first-order chi connectivity index (χ1) is 13.2. The summed E-state index contributed by atoms with van der Waals surface area (Å²) in [6.45, 7) is 3.74. The normalized spacial score (nSPS) is 11.8. The standard InChI is InChI=1S/C21H24F2N2O3/c1-13(2)19(24-20(26)15-6-8-16(28-4)9-7-15)21(27)25(3)12-14-5-10-17(22)18(23)11-14/h5-11,13,19H,12H2,1-4H3,(H,24,26). The maximum Gasteiger partial charge on any atom is 0.251 e. The molecule has 5 nitrogen and oxygen atoms in total. The van der Waals surface area contributed by atoms with Crippen molar-refractivity contribution in [3.05, 3.63) is 65.2 Å². The van der Waals surface area contributed by atoms with Crippen LogP contribution in [0.5, 0.6) is 5.75 Å². The fourth-order valence-electron chi connectivity index (χ4n) is 2.71. The van der Waals surface area contributed by atoms with Gasteiger partial charge < -0.3 is 15.0 Å². The molecule has 0 heterocycles. The van der Waals surface area contributed by atoms with E-state index in [9.17, 15) is 18.4 Å². The third-order valence-electron chi connectivity index (χ3n) is 4.35. The summed E-state index contributed by atoms with van der Waals surface area (Å²) in [7, 11) is 3.09. The number of carbonyl (C=O) groups excluding carboxylic acids is 2. The van der Waals surface area contributed by atoms with Crippen LogP contribution in [0.25, 0.3) is 0 Å². The lowest BCUT2D eigenvalue weighted by Gasteiger charge is -2.27. The molecule has 0 aliphatic carbocycles. The first kappa shape index (κ1) is 21.3. The van der Waals surface area contributed by atoms with Crippen LogP contribution in [0.15, 0.2) is 42.5 Å². The second-order valence-corrected chi connectivity index (χ2v) is 6.87. The maximum absolute atomic E-state index is 13.4. The molecule has 0 saturated heterocycles. The van der Waals surface area contributed by atoms with Gasteiger partial charge in [-0.1, -0.05) is 19.9 Å². The molecular weight excluding hydrogens is 366 g/mol. The molecule has 2 rings (SSSR count). The van der Waals surface area contributed by atoms with Crippen molar-refractivity contribution < 1.29 is 23.1 Å². The van der Waals surface area contributed by atoms with Crippen molar-refractivity contribution in [3.8, 4) is 5.75 Å². The summed E-state index contributed by atoms with van der Waals surface area (Å²) < 4.78 is 31.5. The monoisotopic (exact) mass is 390 g/mol. The molecule has 0 saturated carbocycles. The predicted molar refractivity (Wildman–Crippen MR) is 102 cm³/mol. The zero-order valence-corrected chi connectivity index (χ0v) is 16.3. The van der Waals surface area contributed by atoms with Crippen LogP contribution in [0.2, 0.25) is 0 Å². The molecule has 7 heteroatoms. The molecule has 2 aromatic carbocycles.